The number of aromatic hydroxyl groups is 1. The molecular weight excluding hydrogens is 296 g/mol. The standard InChI is InChI=1S/C21H28N2O/c1-5-7-16-8-13-19(20(24)15-16)23-22-18-11-9-17(10-12-18)21(3,4)14-6-2/h8-13,15,24H,5-7,14H2,1-4H3. The van der Waals surface area contributed by atoms with Crippen LogP contribution in [0.15, 0.2) is 52.7 Å². The van der Waals surface area contributed by atoms with Gasteiger partial charge < -0.3 is 5.11 Å². The number of phenols is 1. The first-order chi connectivity index (χ1) is 11.5. The summed E-state index contributed by atoms with van der Waals surface area (Å²) in [4.78, 5) is 0. The molecule has 128 valence electrons. The number of hydrogen-bond acceptors (Lipinski definition) is 3. The van der Waals surface area contributed by atoms with Gasteiger partial charge in [-0.05, 0) is 53.6 Å². The molecule has 2 rings (SSSR count). The third kappa shape index (κ3) is 4.67. The Bertz CT molecular complexity index is 687. The molecular formula is C21H28N2O. The van der Waals surface area contributed by atoms with Crippen LogP contribution in [0, 0.1) is 0 Å². The Morgan fingerprint density at radius 1 is 0.917 bits per heavy atom. The summed E-state index contributed by atoms with van der Waals surface area (Å²) in [6, 6.07) is 13.8. The van der Waals surface area contributed by atoms with Crippen LogP contribution in [0.5, 0.6) is 5.75 Å². The molecule has 0 aliphatic rings. The predicted octanol–water partition coefficient (Wildman–Crippen LogP) is 6.84. The largest absolute Gasteiger partial charge is 0.506 e. The second-order valence-electron chi connectivity index (χ2n) is 6.95. The van der Waals surface area contributed by atoms with Gasteiger partial charge in [-0.15, -0.1) is 5.11 Å². The van der Waals surface area contributed by atoms with Crippen molar-refractivity contribution in [1.82, 2.24) is 0 Å². The van der Waals surface area contributed by atoms with Gasteiger partial charge in [0.25, 0.3) is 0 Å². The number of hydrogen-bond donors (Lipinski definition) is 1. The van der Waals surface area contributed by atoms with E-state index in [1.165, 1.54) is 12.0 Å². The molecule has 1 N–H and O–H groups in total. The minimum absolute atomic E-state index is 0.178. The molecule has 0 aromatic heterocycles. The highest BCUT2D eigenvalue weighted by Crippen LogP contribution is 2.32. The fourth-order valence-corrected chi connectivity index (χ4v) is 2.96. The van der Waals surface area contributed by atoms with E-state index < -0.39 is 0 Å². The highest BCUT2D eigenvalue weighted by atomic mass is 16.3. The third-order valence-corrected chi connectivity index (χ3v) is 4.38. The Labute approximate surface area is 145 Å². The third-order valence-electron chi connectivity index (χ3n) is 4.38. The van der Waals surface area contributed by atoms with Crippen molar-refractivity contribution >= 4 is 11.4 Å². The van der Waals surface area contributed by atoms with Crippen LogP contribution in [-0.2, 0) is 11.8 Å². The van der Waals surface area contributed by atoms with E-state index in [0.29, 0.717) is 5.69 Å². The molecule has 0 saturated heterocycles. The average molecular weight is 324 g/mol. The van der Waals surface area contributed by atoms with E-state index in [0.717, 1.165) is 30.5 Å². The molecule has 0 bridgehead atoms. The number of aryl methyl sites for hydroxylation is 1. The quantitative estimate of drug-likeness (QED) is 0.557. The maximum Gasteiger partial charge on any atom is 0.143 e. The van der Waals surface area contributed by atoms with E-state index in [1.54, 1.807) is 6.07 Å². The van der Waals surface area contributed by atoms with Crippen LogP contribution in [0.3, 0.4) is 0 Å². The molecule has 0 spiro atoms. The molecule has 0 aliphatic carbocycles. The molecule has 0 saturated carbocycles. The van der Waals surface area contributed by atoms with Gasteiger partial charge in [-0.2, -0.15) is 5.11 Å². The van der Waals surface area contributed by atoms with Crippen molar-refractivity contribution in [2.24, 2.45) is 10.2 Å². The molecule has 0 fully saturated rings. The second-order valence-corrected chi connectivity index (χ2v) is 6.95. The average Bonchev–Trinajstić information content (AvgIpc) is 2.55. The summed E-state index contributed by atoms with van der Waals surface area (Å²) in [7, 11) is 0. The van der Waals surface area contributed by atoms with Crippen LogP contribution in [-0.4, -0.2) is 5.11 Å². The first-order valence-corrected chi connectivity index (χ1v) is 8.80. The van der Waals surface area contributed by atoms with Gasteiger partial charge in [0.05, 0.1) is 5.69 Å². The van der Waals surface area contributed by atoms with Crippen LogP contribution in [0.25, 0.3) is 0 Å². The van der Waals surface area contributed by atoms with Crippen LogP contribution in [0.4, 0.5) is 11.4 Å². The number of rotatable bonds is 7. The van der Waals surface area contributed by atoms with Crippen molar-refractivity contribution in [3.05, 3.63) is 53.6 Å². The number of nitrogens with zero attached hydrogens (tertiary/aromatic N) is 2. The smallest absolute Gasteiger partial charge is 0.143 e. The predicted molar refractivity (Wildman–Crippen MR) is 101 cm³/mol. The van der Waals surface area contributed by atoms with Crippen LogP contribution in [0.1, 0.15) is 58.1 Å². The first kappa shape index (κ1) is 18.2. The monoisotopic (exact) mass is 324 g/mol. The van der Waals surface area contributed by atoms with Gasteiger partial charge in [0.15, 0.2) is 0 Å². The van der Waals surface area contributed by atoms with Crippen molar-refractivity contribution in [3.63, 3.8) is 0 Å². The Morgan fingerprint density at radius 2 is 1.62 bits per heavy atom. The zero-order valence-electron chi connectivity index (χ0n) is 15.2. The van der Waals surface area contributed by atoms with E-state index in [1.807, 2.05) is 24.3 Å². The van der Waals surface area contributed by atoms with Crippen LogP contribution < -0.4 is 0 Å². The Hall–Kier alpha value is -2.16. The lowest BCUT2D eigenvalue weighted by atomic mass is 9.81. The summed E-state index contributed by atoms with van der Waals surface area (Å²) in [6.07, 6.45) is 4.34. The Morgan fingerprint density at radius 3 is 2.21 bits per heavy atom. The molecule has 2 aromatic rings. The van der Waals surface area contributed by atoms with Crippen molar-refractivity contribution in [1.29, 1.82) is 0 Å². The highest BCUT2D eigenvalue weighted by molar-refractivity contribution is 5.52. The molecule has 2 aromatic carbocycles. The molecule has 0 heterocycles. The van der Waals surface area contributed by atoms with Gasteiger partial charge in [-0.25, -0.2) is 0 Å². The molecule has 3 nitrogen and oxygen atoms in total. The minimum atomic E-state index is 0.178. The van der Waals surface area contributed by atoms with Gasteiger partial charge in [-0.1, -0.05) is 58.7 Å². The topological polar surface area (TPSA) is 45.0 Å². The minimum Gasteiger partial charge on any atom is -0.506 e. The van der Waals surface area contributed by atoms with Crippen LogP contribution >= 0.6 is 0 Å². The molecule has 24 heavy (non-hydrogen) atoms. The van der Waals surface area contributed by atoms with Crippen molar-refractivity contribution in [2.75, 3.05) is 0 Å². The summed E-state index contributed by atoms with van der Waals surface area (Å²) in [5.74, 6) is 0.186. The Kier molecular flexibility index (Phi) is 6.13. The maximum atomic E-state index is 10.1. The molecule has 0 unspecified atom stereocenters. The van der Waals surface area contributed by atoms with E-state index in [4.69, 9.17) is 0 Å². The zero-order valence-corrected chi connectivity index (χ0v) is 15.2. The van der Waals surface area contributed by atoms with Gasteiger partial charge >= 0.3 is 0 Å². The summed E-state index contributed by atoms with van der Waals surface area (Å²) in [5.41, 5.74) is 3.91. The molecule has 3 heteroatoms. The summed E-state index contributed by atoms with van der Waals surface area (Å²) in [5, 5.41) is 18.5. The van der Waals surface area contributed by atoms with E-state index in [9.17, 15) is 5.11 Å². The van der Waals surface area contributed by atoms with E-state index >= 15 is 0 Å². The lowest BCUT2D eigenvalue weighted by Crippen LogP contribution is -2.16. The lowest BCUT2D eigenvalue weighted by Gasteiger charge is -2.24. The van der Waals surface area contributed by atoms with Crippen molar-refractivity contribution in [2.45, 2.75) is 58.8 Å². The lowest BCUT2D eigenvalue weighted by molar-refractivity contribution is 0.473. The van der Waals surface area contributed by atoms with Gasteiger partial charge in [0.2, 0.25) is 0 Å². The molecule has 0 atom stereocenters. The molecule has 0 aliphatic heterocycles. The Balaban J connectivity index is 2.12. The van der Waals surface area contributed by atoms with Crippen LogP contribution in [0.2, 0.25) is 0 Å². The summed E-state index contributed by atoms with van der Waals surface area (Å²) in [6.45, 7) is 8.87. The SMILES string of the molecule is CCCc1ccc(N=Nc2ccc(C(C)(C)CCC)cc2)c(O)c1. The van der Waals surface area contributed by atoms with E-state index in [2.05, 4.69) is 50.1 Å². The fraction of sp³-hybridized carbons (Fsp3) is 0.429. The maximum absolute atomic E-state index is 10.1. The second kappa shape index (κ2) is 8.09. The van der Waals surface area contributed by atoms with Crippen molar-refractivity contribution < 1.29 is 5.11 Å². The van der Waals surface area contributed by atoms with Gasteiger partial charge in [-0.3, -0.25) is 0 Å². The van der Waals surface area contributed by atoms with Gasteiger partial charge in [0, 0.05) is 0 Å². The summed E-state index contributed by atoms with van der Waals surface area (Å²) < 4.78 is 0. The first-order valence-electron chi connectivity index (χ1n) is 8.80. The van der Waals surface area contributed by atoms with Crippen molar-refractivity contribution in [3.8, 4) is 5.75 Å². The summed E-state index contributed by atoms with van der Waals surface area (Å²) >= 11 is 0. The number of azo groups is 1. The highest BCUT2D eigenvalue weighted by Gasteiger charge is 2.18. The van der Waals surface area contributed by atoms with Gasteiger partial charge in [0.1, 0.15) is 11.4 Å². The zero-order chi connectivity index (χ0) is 17.6. The fourth-order valence-electron chi connectivity index (χ4n) is 2.96. The molecule has 0 radical (unpaired) electrons. The molecule has 0 amide bonds. The van der Waals surface area contributed by atoms with E-state index in [-0.39, 0.29) is 11.2 Å². The number of phenolic OH excluding ortho intramolecular Hbond substituents is 1. The number of benzene rings is 2. The normalized spacial score (nSPS) is 12.0.